The number of carbonyl (C=O) groups is 2. The van der Waals surface area contributed by atoms with Crippen molar-refractivity contribution in [1.29, 1.82) is 0 Å². The van der Waals surface area contributed by atoms with Crippen molar-refractivity contribution in [2.75, 3.05) is 6.54 Å². The van der Waals surface area contributed by atoms with E-state index in [2.05, 4.69) is 0 Å². The number of aromatic hydroxyl groups is 2. The third kappa shape index (κ3) is 2.84. The fraction of sp³-hybridized carbons (Fsp3) is 0.429. The zero-order chi connectivity index (χ0) is 14.7. The van der Waals surface area contributed by atoms with Gasteiger partial charge in [-0.3, -0.25) is 9.59 Å². The summed E-state index contributed by atoms with van der Waals surface area (Å²) in [6.07, 6.45) is 3.44. The standard InChI is InChI=1S/C14H17NO5/c16-11-7-3-6-10(13(11)19)14(20)15(8-12(17)18)9-4-1-2-5-9/h3,6-7,9,16,19H,1-2,4-5,8H2,(H,17,18). The number of benzene rings is 1. The lowest BCUT2D eigenvalue weighted by Gasteiger charge is -2.27. The lowest BCUT2D eigenvalue weighted by Crippen LogP contribution is -2.42. The van der Waals surface area contributed by atoms with Gasteiger partial charge < -0.3 is 20.2 Å². The van der Waals surface area contributed by atoms with Crippen LogP contribution in [0.2, 0.25) is 0 Å². The first-order valence-electron chi connectivity index (χ1n) is 6.54. The zero-order valence-corrected chi connectivity index (χ0v) is 11.0. The van der Waals surface area contributed by atoms with Gasteiger partial charge in [0.05, 0.1) is 5.56 Å². The fourth-order valence-electron chi connectivity index (χ4n) is 2.59. The summed E-state index contributed by atoms with van der Waals surface area (Å²) in [5.74, 6) is -2.55. The first kappa shape index (κ1) is 14.2. The largest absolute Gasteiger partial charge is 0.504 e. The molecule has 0 bridgehead atoms. The normalized spacial score (nSPS) is 15.2. The van der Waals surface area contributed by atoms with Crippen molar-refractivity contribution >= 4 is 11.9 Å². The van der Waals surface area contributed by atoms with Crippen LogP contribution in [0.5, 0.6) is 11.5 Å². The van der Waals surface area contributed by atoms with Gasteiger partial charge in [-0.15, -0.1) is 0 Å². The fourth-order valence-corrected chi connectivity index (χ4v) is 2.59. The molecular weight excluding hydrogens is 262 g/mol. The van der Waals surface area contributed by atoms with Crippen LogP contribution in [0.3, 0.4) is 0 Å². The summed E-state index contributed by atoms with van der Waals surface area (Å²) < 4.78 is 0. The van der Waals surface area contributed by atoms with E-state index in [1.54, 1.807) is 0 Å². The Bertz CT molecular complexity index is 522. The van der Waals surface area contributed by atoms with Crippen LogP contribution in [0.1, 0.15) is 36.0 Å². The average Bonchev–Trinajstić information content (AvgIpc) is 2.92. The van der Waals surface area contributed by atoms with Crippen LogP contribution in [0.25, 0.3) is 0 Å². The number of amides is 1. The number of nitrogens with zero attached hydrogens (tertiary/aromatic N) is 1. The summed E-state index contributed by atoms with van der Waals surface area (Å²) in [6.45, 7) is -0.404. The van der Waals surface area contributed by atoms with Gasteiger partial charge in [-0.2, -0.15) is 0 Å². The minimum atomic E-state index is -1.09. The summed E-state index contributed by atoms with van der Waals surface area (Å²) >= 11 is 0. The Labute approximate surface area is 116 Å². The molecule has 108 valence electrons. The lowest BCUT2D eigenvalue weighted by atomic mass is 10.1. The van der Waals surface area contributed by atoms with Crippen LogP contribution in [0.4, 0.5) is 0 Å². The number of hydrogen-bond acceptors (Lipinski definition) is 4. The molecule has 0 heterocycles. The number of carboxylic acid groups (broad SMARTS) is 1. The molecule has 0 atom stereocenters. The number of hydrogen-bond donors (Lipinski definition) is 3. The molecule has 6 nitrogen and oxygen atoms in total. The average molecular weight is 279 g/mol. The molecule has 0 aromatic heterocycles. The third-order valence-corrected chi connectivity index (χ3v) is 3.58. The van der Waals surface area contributed by atoms with E-state index < -0.39 is 29.9 Å². The van der Waals surface area contributed by atoms with Crippen LogP contribution in [-0.2, 0) is 4.79 Å². The molecular formula is C14H17NO5. The maximum atomic E-state index is 12.4. The molecule has 1 aromatic rings. The summed E-state index contributed by atoms with van der Waals surface area (Å²) in [7, 11) is 0. The second kappa shape index (κ2) is 5.81. The van der Waals surface area contributed by atoms with E-state index in [-0.39, 0.29) is 11.6 Å². The Morgan fingerprint density at radius 2 is 1.85 bits per heavy atom. The molecule has 0 saturated heterocycles. The van der Waals surface area contributed by atoms with Crippen molar-refractivity contribution in [3.05, 3.63) is 23.8 Å². The molecule has 1 aromatic carbocycles. The van der Waals surface area contributed by atoms with E-state index >= 15 is 0 Å². The van der Waals surface area contributed by atoms with Crippen LogP contribution in [0, 0.1) is 0 Å². The molecule has 20 heavy (non-hydrogen) atoms. The van der Waals surface area contributed by atoms with Gasteiger partial charge in [0, 0.05) is 6.04 Å². The lowest BCUT2D eigenvalue weighted by molar-refractivity contribution is -0.138. The summed E-state index contributed by atoms with van der Waals surface area (Å²) in [5.41, 5.74) is -0.0712. The van der Waals surface area contributed by atoms with Crippen LogP contribution in [0.15, 0.2) is 18.2 Å². The Morgan fingerprint density at radius 1 is 1.20 bits per heavy atom. The molecule has 1 amide bonds. The highest BCUT2D eigenvalue weighted by Crippen LogP contribution is 2.31. The zero-order valence-electron chi connectivity index (χ0n) is 11.0. The predicted molar refractivity (Wildman–Crippen MR) is 70.7 cm³/mol. The third-order valence-electron chi connectivity index (χ3n) is 3.58. The predicted octanol–water partition coefficient (Wildman–Crippen LogP) is 1.57. The Hall–Kier alpha value is -2.24. The number of carboxylic acids is 1. The Kier molecular flexibility index (Phi) is 4.12. The molecule has 2 rings (SSSR count). The maximum absolute atomic E-state index is 12.4. The van der Waals surface area contributed by atoms with Crippen molar-refractivity contribution in [3.8, 4) is 11.5 Å². The SMILES string of the molecule is O=C(O)CN(C(=O)c1cccc(O)c1O)C1CCCC1. The topological polar surface area (TPSA) is 98.1 Å². The first-order chi connectivity index (χ1) is 9.50. The molecule has 1 saturated carbocycles. The van der Waals surface area contributed by atoms with Gasteiger partial charge in [-0.25, -0.2) is 0 Å². The maximum Gasteiger partial charge on any atom is 0.323 e. The molecule has 1 fully saturated rings. The first-order valence-corrected chi connectivity index (χ1v) is 6.54. The molecule has 0 unspecified atom stereocenters. The van der Waals surface area contributed by atoms with E-state index in [1.165, 1.54) is 23.1 Å². The van der Waals surface area contributed by atoms with Gasteiger partial charge in [-0.05, 0) is 25.0 Å². The van der Waals surface area contributed by atoms with Crippen molar-refractivity contribution in [1.82, 2.24) is 4.90 Å². The van der Waals surface area contributed by atoms with Crippen LogP contribution < -0.4 is 0 Å². The van der Waals surface area contributed by atoms with Gasteiger partial charge in [0.25, 0.3) is 5.91 Å². The van der Waals surface area contributed by atoms with E-state index in [0.717, 1.165) is 25.7 Å². The number of phenolic OH excluding ortho intramolecular Hbond substituents is 2. The van der Waals surface area contributed by atoms with Crippen LogP contribution in [-0.4, -0.2) is 44.7 Å². The van der Waals surface area contributed by atoms with Crippen molar-refractivity contribution in [2.24, 2.45) is 0 Å². The number of para-hydroxylation sites is 1. The molecule has 0 aliphatic heterocycles. The van der Waals surface area contributed by atoms with Crippen molar-refractivity contribution in [3.63, 3.8) is 0 Å². The smallest absolute Gasteiger partial charge is 0.323 e. The quantitative estimate of drug-likeness (QED) is 0.727. The molecule has 1 aliphatic rings. The van der Waals surface area contributed by atoms with Gasteiger partial charge in [0.15, 0.2) is 11.5 Å². The van der Waals surface area contributed by atoms with Crippen molar-refractivity contribution in [2.45, 2.75) is 31.7 Å². The summed E-state index contributed by atoms with van der Waals surface area (Å²) in [6, 6.07) is 3.96. The van der Waals surface area contributed by atoms with Gasteiger partial charge in [0.2, 0.25) is 0 Å². The monoisotopic (exact) mass is 279 g/mol. The minimum Gasteiger partial charge on any atom is -0.504 e. The minimum absolute atomic E-state index is 0.0712. The number of carbonyl (C=O) groups excluding carboxylic acids is 1. The van der Waals surface area contributed by atoms with E-state index in [9.17, 15) is 19.8 Å². The second-order valence-electron chi connectivity index (χ2n) is 4.94. The van der Waals surface area contributed by atoms with E-state index in [1.807, 2.05) is 0 Å². The molecule has 1 aliphatic carbocycles. The number of phenols is 2. The van der Waals surface area contributed by atoms with Gasteiger partial charge >= 0.3 is 5.97 Å². The molecule has 3 N–H and O–H groups in total. The highest BCUT2D eigenvalue weighted by molar-refractivity contribution is 5.99. The summed E-state index contributed by atoms with van der Waals surface area (Å²) in [4.78, 5) is 24.6. The Balaban J connectivity index is 2.29. The number of aliphatic carboxylic acids is 1. The van der Waals surface area contributed by atoms with Gasteiger partial charge in [0.1, 0.15) is 6.54 Å². The van der Waals surface area contributed by atoms with Crippen molar-refractivity contribution < 1.29 is 24.9 Å². The Morgan fingerprint density at radius 3 is 2.45 bits per heavy atom. The van der Waals surface area contributed by atoms with E-state index in [4.69, 9.17) is 5.11 Å². The highest BCUT2D eigenvalue weighted by atomic mass is 16.4. The van der Waals surface area contributed by atoms with Crippen LogP contribution >= 0.6 is 0 Å². The molecule has 6 heteroatoms. The highest BCUT2D eigenvalue weighted by Gasteiger charge is 2.30. The second-order valence-corrected chi connectivity index (χ2v) is 4.94. The molecule has 0 radical (unpaired) electrons. The summed E-state index contributed by atoms with van der Waals surface area (Å²) in [5, 5.41) is 28.1. The van der Waals surface area contributed by atoms with E-state index in [0.29, 0.717) is 0 Å². The van der Waals surface area contributed by atoms with Gasteiger partial charge in [-0.1, -0.05) is 18.9 Å². The molecule has 0 spiro atoms. The number of rotatable bonds is 4.